The first kappa shape index (κ1) is 14.5. The predicted octanol–water partition coefficient (Wildman–Crippen LogP) is 4.37. The Kier molecular flexibility index (Phi) is 3.50. The molecule has 0 unspecified atom stereocenters. The second-order valence-corrected chi connectivity index (χ2v) is 5.72. The van der Waals surface area contributed by atoms with Gasteiger partial charge in [0.2, 0.25) is 5.71 Å². The molecule has 0 bridgehead atoms. The van der Waals surface area contributed by atoms with Crippen LogP contribution < -0.4 is 5.68 Å². The van der Waals surface area contributed by atoms with Gasteiger partial charge in [-0.2, -0.15) is 4.99 Å². The fourth-order valence-electron chi connectivity index (χ4n) is 2.83. The van der Waals surface area contributed by atoms with E-state index in [1.54, 1.807) is 0 Å². The van der Waals surface area contributed by atoms with Crippen molar-refractivity contribution in [3.8, 4) is 11.1 Å². The van der Waals surface area contributed by atoms with Gasteiger partial charge in [0, 0.05) is 18.3 Å². The molecule has 118 valence electrons. The van der Waals surface area contributed by atoms with Gasteiger partial charge < -0.3 is 4.42 Å². The third kappa shape index (κ3) is 2.52. The second-order valence-electron chi connectivity index (χ2n) is 5.72. The fourth-order valence-corrected chi connectivity index (χ4v) is 2.83. The van der Waals surface area contributed by atoms with E-state index in [9.17, 15) is 0 Å². The highest BCUT2D eigenvalue weighted by atomic mass is 16.4. The molecule has 0 saturated heterocycles. The zero-order valence-corrected chi connectivity index (χ0v) is 13.6. The Morgan fingerprint density at radius 3 is 2.33 bits per heavy atom. The SMILES string of the molecule is Cc1cc(-c2ccccc2)c2c(n1)oc(=Nc1ccccc1)n2C. The van der Waals surface area contributed by atoms with Crippen molar-refractivity contribution < 1.29 is 4.42 Å². The lowest BCUT2D eigenvalue weighted by Gasteiger charge is -2.05. The van der Waals surface area contributed by atoms with Crippen molar-refractivity contribution in [2.45, 2.75) is 6.92 Å². The number of aryl methyl sites for hydroxylation is 2. The average molecular weight is 315 g/mol. The van der Waals surface area contributed by atoms with E-state index in [1.165, 1.54) is 0 Å². The Morgan fingerprint density at radius 2 is 1.62 bits per heavy atom. The highest BCUT2D eigenvalue weighted by molar-refractivity contribution is 5.89. The van der Waals surface area contributed by atoms with Crippen LogP contribution in [-0.2, 0) is 7.05 Å². The first-order chi connectivity index (χ1) is 11.7. The summed E-state index contributed by atoms with van der Waals surface area (Å²) >= 11 is 0. The van der Waals surface area contributed by atoms with Gasteiger partial charge >= 0.3 is 5.68 Å². The van der Waals surface area contributed by atoms with Crippen LogP contribution in [0.1, 0.15) is 5.69 Å². The van der Waals surface area contributed by atoms with E-state index in [4.69, 9.17) is 4.42 Å². The summed E-state index contributed by atoms with van der Waals surface area (Å²) in [5.74, 6) is 0. The van der Waals surface area contributed by atoms with Crippen LogP contribution in [0.5, 0.6) is 0 Å². The Bertz CT molecular complexity index is 1060. The minimum absolute atomic E-state index is 0.534. The number of oxazole rings is 1. The van der Waals surface area contributed by atoms with E-state index in [0.29, 0.717) is 11.4 Å². The van der Waals surface area contributed by atoms with Crippen molar-refractivity contribution in [1.29, 1.82) is 0 Å². The van der Waals surface area contributed by atoms with Gasteiger partial charge in [-0.1, -0.05) is 48.5 Å². The highest BCUT2D eigenvalue weighted by Crippen LogP contribution is 2.27. The Balaban J connectivity index is 2.01. The van der Waals surface area contributed by atoms with Gasteiger partial charge in [-0.05, 0) is 30.7 Å². The molecule has 4 heteroatoms. The lowest BCUT2D eigenvalue weighted by atomic mass is 10.1. The van der Waals surface area contributed by atoms with Crippen LogP contribution in [0.15, 0.2) is 76.1 Å². The van der Waals surface area contributed by atoms with Gasteiger partial charge in [0.1, 0.15) is 5.52 Å². The lowest BCUT2D eigenvalue weighted by molar-refractivity contribution is 0.502. The molecule has 0 atom stereocenters. The molecular weight excluding hydrogens is 298 g/mol. The van der Waals surface area contributed by atoms with Crippen LogP contribution >= 0.6 is 0 Å². The van der Waals surface area contributed by atoms with Crippen LogP contribution in [-0.4, -0.2) is 9.55 Å². The van der Waals surface area contributed by atoms with Crippen molar-refractivity contribution in [3.63, 3.8) is 0 Å². The molecule has 0 aliphatic heterocycles. The molecular formula is C20H17N3O. The molecule has 4 nitrogen and oxygen atoms in total. The number of benzene rings is 2. The summed E-state index contributed by atoms with van der Waals surface area (Å²) in [5.41, 5.74) is 6.08. The van der Waals surface area contributed by atoms with E-state index in [1.807, 2.05) is 67.1 Å². The number of nitrogens with zero attached hydrogens (tertiary/aromatic N) is 3. The van der Waals surface area contributed by atoms with Gasteiger partial charge in [0.05, 0.1) is 5.69 Å². The first-order valence-corrected chi connectivity index (χ1v) is 7.85. The van der Waals surface area contributed by atoms with E-state index in [0.717, 1.165) is 28.0 Å². The molecule has 2 aromatic heterocycles. The van der Waals surface area contributed by atoms with Gasteiger partial charge in [-0.15, -0.1) is 0 Å². The third-order valence-corrected chi connectivity index (χ3v) is 3.96. The van der Waals surface area contributed by atoms with Crippen molar-refractivity contribution >= 4 is 16.9 Å². The largest absolute Gasteiger partial charge is 0.404 e. The number of hydrogen-bond donors (Lipinski definition) is 0. The molecule has 0 saturated carbocycles. The highest BCUT2D eigenvalue weighted by Gasteiger charge is 2.13. The van der Waals surface area contributed by atoms with E-state index in [2.05, 4.69) is 28.2 Å². The Labute approximate surface area is 139 Å². The zero-order valence-electron chi connectivity index (χ0n) is 13.6. The lowest BCUT2D eigenvalue weighted by Crippen LogP contribution is -2.11. The number of aromatic nitrogens is 2. The smallest absolute Gasteiger partial charge is 0.304 e. The maximum atomic E-state index is 5.93. The maximum Gasteiger partial charge on any atom is 0.304 e. The number of rotatable bonds is 2. The summed E-state index contributed by atoms with van der Waals surface area (Å²) in [5, 5.41) is 0. The molecule has 4 aromatic rings. The molecule has 0 fully saturated rings. The maximum absolute atomic E-state index is 5.93. The average Bonchev–Trinajstić information content (AvgIpc) is 2.91. The Morgan fingerprint density at radius 1 is 0.958 bits per heavy atom. The molecule has 4 rings (SSSR count). The van der Waals surface area contributed by atoms with Gasteiger partial charge in [-0.3, -0.25) is 4.57 Å². The summed E-state index contributed by atoms with van der Waals surface area (Å²) in [6.07, 6.45) is 0. The molecule has 0 radical (unpaired) electrons. The standard InChI is InChI=1S/C20H17N3O/c1-14-13-17(15-9-5-3-6-10-15)18-19(21-14)24-20(23(18)2)22-16-11-7-4-8-12-16/h3-13H,1-2H3. The quantitative estimate of drug-likeness (QED) is 0.551. The molecule has 0 aliphatic rings. The minimum atomic E-state index is 0.534. The first-order valence-electron chi connectivity index (χ1n) is 7.85. The van der Waals surface area contributed by atoms with Crippen molar-refractivity contribution in [1.82, 2.24) is 9.55 Å². The van der Waals surface area contributed by atoms with Crippen molar-refractivity contribution in [3.05, 3.63) is 78.1 Å². The zero-order chi connectivity index (χ0) is 16.5. The van der Waals surface area contributed by atoms with Crippen LogP contribution in [0.4, 0.5) is 5.69 Å². The molecule has 2 aromatic carbocycles. The molecule has 0 aliphatic carbocycles. The summed E-state index contributed by atoms with van der Waals surface area (Å²) in [6, 6.07) is 22.1. The van der Waals surface area contributed by atoms with E-state index >= 15 is 0 Å². The molecule has 0 amide bonds. The number of para-hydroxylation sites is 1. The summed E-state index contributed by atoms with van der Waals surface area (Å²) < 4.78 is 7.89. The minimum Gasteiger partial charge on any atom is -0.404 e. The van der Waals surface area contributed by atoms with Crippen LogP contribution in [0.2, 0.25) is 0 Å². The summed E-state index contributed by atoms with van der Waals surface area (Å²) in [4.78, 5) is 9.14. The summed E-state index contributed by atoms with van der Waals surface area (Å²) in [7, 11) is 1.96. The van der Waals surface area contributed by atoms with Gasteiger partial charge in [0.15, 0.2) is 0 Å². The van der Waals surface area contributed by atoms with Crippen LogP contribution in [0.25, 0.3) is 22.4 Å². The fraction of sp³-hybridized carbons (Fsp3) is 0.100. The van der Waals surface area contributed by atoms with Crippen molar-refractivity contribution in [2.24, 2.45) is 12.0 Å². The van der Waals surface area contributed by atoms with E-state index < -0.39 is 0 Å². The predicted molar refractivity (Wildman–Crippen MR) is 94.8 cm³/mol. The van der Waals surface area contributed by atoms with Crippen LogP contribution in [0, 0.1) is 6.92 Å². The monoisotopic (exact) mass is 315 g/mol. The number of fused-ring (bicyclic) bond motifs is 1. The summed E-state index contributed by atoms with van der Waals surface area (Å²) in [6.45, 7) is 1.97. The molecule has 24 heavy (non-hydrogen) atoms. The van der Waals surface area contributed by atoms with Gasteiger partial charge in [-0.25, -0.2) is 4.98 Å². The van der Waals surface area contributed by atoms with Crippen molar-refractivity contribution in [2.75, 3.05) is 0 Å². The van der Waals surface area contributed by atoms with Crippen LogP contribution in [0.3, 0.4) is 0 Å². The topological polar surface area (TPSA) is 43.3 Å². The number of pyridine rings is 1. The van der Waals surface area contributed by atoms with E-state index in [-0.39, 0.29) is 0 Å². The van der Waals surface area contributed by atoms with Gasteiger partial charge in [0.25, 0.3) is 0 Å². The molecule has 2 heterocycles. The number of hydrogen-bond acceptors (Lipinski definition) is 3. The normalized spacial score (nSPS) is 12.0. The third-order valence-electron chi connectivity index (χ3n) is 3.96. The molecule has 0 N–H and O–H groups in total. The molecule has 0 spiro atoms. The Hall–Kier alpha value is -3.14. The second kappa shape index (κ2) is 5.81.